The van der Waals surface area contributed by atoms with Crippen LogP contribution in [-0.4, -0.2) is 18.9 Å². The first kappa shape index (κ1) is 14.7. The summed E-state index contributed by atoms with van der Waals surface area (Å²) < 4.78 is 5.35. The van der Waals surface area contributed by atoms with Crippen LogP contribution >= 0.6 is 0 Å². The van der Waals surface area contributed by atoms with E-state index in [4.69, 9.17) is 10.5 Å². The van der Waals surface area contributed by atoms with Gasteiger partial charge in [0, 0.05) is 23.6 Å². The predicted molar refractivity (Wildman–Crippen MR) is 74.3 cm³/mol. The van der Waals surface area contributed by atoms with E-state index in [1.807, 2.05) is 19.1 Å². The lowest BCUT2D eigenvalue weighted by Crippen LogP contribution is -2.20. The molecule has 0 radical (unpaired) electrons. The summed E-state index contributed by atoms with van der Waals surface area (Å²) in [6.45, 7) is 8.14. The maximum absolute atomic E-state index is 12.0. The molecule has 0 spiro atoms. The van der Waals surface area contributed by atoms with Gasteiger partial charge in [-0.15, -0.1) is 0 Å². The van der Waals surface area contributed by atoms with Crippen LogP contribution in [0, 0.1) is 0 Å². The van der Waals surface area contributed by atoms with Crippen LogP contribution < -0.4 is 10.5 Å². The quantitative estimate of drug-likeness (QED) is 0.835. The average Bonchev–Trinajstić information content (AvgIpc) is 2.26. The predicted octanol–water partition coefficient (Wildman–Crippen LogP) is 2.91. The molecule has 18 heavy (non-hydrogen) atoms. The van der Waals surface area contributed by atoms with Gasteiger partial charge in [0.25, 0.3) is 0 Å². The Morgan fingerprint density at radius 2 is 2.00 bits per heavy atom. The molecule has 0 aliphatic carbocycles. The molecule has 3 heteroatoms. The molecule has 1 aromatic carbocycles. The van der Waals surface area contributed by atoms with Crippen LogP contribution in [0.2, 0.25) is 0 Å². The number of carbonyl (C=O) groups excluding carboxylic acids is 1. The van der Waals surface area contributed by atoms with Crippen molar-refractivity contribution in [1.82, 2.24) is 0 Å². The highest BCUT2D eigenvalue weighted by atomic mass is 16.5. The van der Waals surface area contributed by atoms with E-state index in [2.05, 4.69) is 20.8 Å². The van der Waals surface area contributed by atoms with Crippen LogP contribution in [0.15, 0.2) is 18.2 Å². The second-order valence-corrected chi connectivity index (χ2v) is 5.77. The van der Waals surface area contributed by atoms with E-state index in [1.54, 1.807) is 13.2 Å². The van der Waals surface area contributed by atoms with Crippen molar-refractivity contribution < 1.29 is 9.53 Å². The molecule has 0 bridgehead atoms. The summed E-state index contributed by atoms with van der Waals surface area (Å²) >= 11 is 0. The number of nitrogens with two attached hydrogens (primary N) is 1. The molecule has 100 valence electrons. The van der Waals surface area contributed by atoms with Gasteiger partial charge < -0.3 is 10.5 Å². The Kier molecular flexibility index (Phi) is 4.52. The van der Waals surface area contributed by atoms with Crippen molar-refractivity contribution in [3.05, 3.63) is 29.3 Å². The molecule has 1 aromatic rings. The highest BCUT2D eigenvalue weighted by Crippen LogP contribution is 2.32. The number of rotatable bonds is 4. The molecule has 3 nitrogen and oxygen atoms in total. The van der Waals surface area contributed by atoms with E-state index in [0.29, 0.717) is 12.0 Å². The Bertz CT molecular complexity index is 431. The van der Waals surface area contributed by atoms with Crippen molar-refractivity contribution in [2.75, 3.05) is 7.11 Å². The fourth-order valence-electron chi connectivity index (χ4n) is 1.88. The van der Waals surface area contributed by atoms with Gasteiger partial charge in [-0.25, -0.2) is 0 Å². The average molecular weight is 249 g/mol. The number of methoxy groups -OCH3 is 1. The van der Waals surface area contributed by atoms with Crippen LogP contribution in [0.25, 0.3) is 0 Å². The SMILES string of the molecule is COc1ccc(C(=O)CC(C)N)cc1C(C)(C)C. The molecule has 0 heterocycles. The number of Topliss-reactive ketones (excluding diaryl/α,β-unsaturated/α-hetero) is 1. The fraction of sp³-hybridized carbons (Fsp3) is 0.533. The summed E-state index contributed by atoms with van der Waals surface area (Å²) in [7, 11) is 1.65. The lowest BCUT2D eigenvalue weighted by molar-refractivity contribution is 0.0976. The number of ether oxygens (including phenoxy) is 1. The van der Waals surface area contributed by atoms with Crippen LogP contribution in [0.3, 0.4) is 0 Å². The molecule has 0 saturated heterocycles. The lowest BCUT2D eigenvalue weighted by Gasteiger charge is -2.22. The molecule has 0 aliphatic rings. The second-order valence-electron chi connectivity index (χ2n) is 5.77. The molecular weight excluding hydrogens is 226 g/mol. The highest BCUT2D eigenvalue weighted by Gasteiger charge is 2.20. The van der Waals surface area contributed by atoms with Gasteiger partial charge >= 0.3 is 0 Å². The maximum atomic E-state index is 12.0. The van der Waals surface area contributed by atoms with Crippen molar-refractivity contribution in [1.29, 1.82) is 0 Å². The smallest absolute Gasteiger partial charge is 0.164 e. The molecule has 0 aromatic heterocycles. The van der Waals surface area contributed by atoms with Crippen LogP contribution in [0.4, 0.5) is 0 Å². The second kappa shape index (κ2) is 5.53. The van der Waals surface area contributed by atoms with Gasteiger partial charge in [-0.2, -0.15) is 0 Å². The van der Waals surface area contributed by atoms with Gasteiger partial charge in [-0.3, -0.25) is 4.79 Å². The van der Waals surface area contributed by atoms with Gasteiger partial charge in [-0.05, 0) is 30.5 Å². The molecule has 0 amide bonds. The lowest BCUT2D eigenvalue weighted by atomic mass is 9.84. The van der Waals surface area contributed by atoms with Crippen molar-refractivity contribution in [2.45, 2.75) is 45.6 Å². The van der Waals surface area contributed by atoms with Crippen LogP contribution in [0.5, 0.6) is 5.75 Å². The zero-order valence-electron chi connectivity index (χ0n) is 11.9. The van der Waals surface area contributed by atoms with E-state index in [-0.39, 0.29) is 17.2 Å². The first-order valence-electron chi connectivity index (χ1n) is 6.23. The first-order valence-corrected chi connectivity index (χ1v) is 6.23. The van der Waals surface area contributed by atoms with Gasteiger partial charge in [0.05, 0.1) is 7.11 Å². The number of hydrogen-bond acceptors (Lipinski definition) is 3. The summed E-state index contributed by atoms with van der Waals surface area (Å²) in [5.74, 6) is 0.901. The third kappa shape index (κ3) is 3.57. The molecule has 2 N–H and O–H groups in total. The van der Waals surface area contributed by atoms with Gasteiger partial charge in [0.2, 0.25) is 0 Å². The summed E-state index contributed by atoms with van der Waals surface area (Å²) in [5.41, 5.74) is 7.35. The minimum Gasteiger partial charge on any atom is -0.496 e. The Morgan fingerprint density at radius 3 is 2.44 bits per heavy atom. The molecular formula is C15H23NO2. The third-order valence-electron chi connectivity index (χ3n) is 2.84. The summed E-state index contributed by atoms with van der Waals surface area (Å²) in [6.07, 6.45) is 0.371. The Morgan fingerprint density at radius 1 is 1.39 bits per heavy atom. The normalized spacial score (nSPS) is 13.2. The molecule has 0 saturated carbocycles. The van der Waals surface area contributed by atoms with E-state index in [0.717, 1.165) is 11.3 Å². The highest BCUT2D eigenvalue weighted by molar-refractivity contribution is 5.96. The molecule has 1 atom stereocenters. The summed E-state index contributed by atoms with van der Waals surface area (Å²) in [5, 5.41) is 0. The molecule has 0 fully saturated rings. The van der Waals surface area contributed by atoms with Gasteiger partial charge in [0.1, 0.15) is 5.75 Å². The van der Waals surface area contributed by atoms with E-state index in [9.17, 15) is 4.79 Å². The Labute approximate surface area is 109 Å². The fourth-order valence-corrected chi connectivity index (χ4v) is 1.88. The number of hydrogen-bond donors (Lipinski definition) is 1. The maximum Gasteiger partial charge on any atom is 0.164 e. The number of ketones is 1. The van der Waals surface area contributed by atoms with E-state index < -0.39 is 0 Å². The monoisotopic (exact) mass is 249 g/mol. The van der Waals surface area contributed by atoms with E-state index in [1.165, 1.54) is 0 Å². The van der Waals surface area contributed by atoms with E-state index >= 15 is 0 Å². The summed E-state index contributed by atoms with van der Waals surface area (Å²) in [6, 6.07) is 5.47. The topological polar surface area (TPSA) is 52.3 Å². The minimum atomic E-state index is -0.113. The van der Waals surface area contributed by atoms with Crippen LogP contribution in [0.1, 0.15) is 50.0 Å². The van der Waals surface area contributed by atoms with Crippen LogP contribution in [-0.2, 0) is 5.41 Å². The zero-order valence-corrected chi connectivity index (χ0v) is 11.9. The first-order chi connectivity index (χ1) is 8.25. The van der Waals surface area contributed by atoms with Crippen molar-refractivity contribution in [3.63, 3.8) is 0 Å². The standard InChI is InChI=1S/C15H23NO2/c1-10(16)8-13(17)11-6-7-14(18-5)12(9-11)15(2,3)4/h6-7,9-10H,8,16H2,1-5H3. The third-order valence-corrected chi connectivity index (χ3v) is 2.84. The summed E-state index contributed by atoms with van der Waals surface area (Å²) in [4.78, 5) is 12.0. The minimum absolute atomic E-state index is 0.0596. The Hall–Kier alpha value is -1.35. The largest absolute Gasteiger partial charge is 0.496 e. The van der Waals surface area contributed by atoms with Gasteiger partial charge in [0.15, 0.2) is 5.78 Å². The van der Waals surface area contributed by atoms with Crippen molar-refractivity contribution in [3.8, 4) is 5.75 Å². The molecule has 1 unspecified atom stereocenters. The van der Waals surface area contributed by atoms with Crippen molar-refractivity contribution >= 4 is 5.78 Å². The zero-order chi connectivity index (χ0) is 13.9. The van der Waals surface area contributed by atoms with Crippen molar-refractivity contribution in [2.24, 2.45) is 5.73 Å². The number of carbonyl (C=O) groups is 1. The Balaban J connectivity index is 3.15. The number of benzene rings is 1. The van der Waals surface area contributed by atoms with Gasteiger partial charge in [-0.1, -0.05) is 20.8 Å². The molecule has 1 rings (SSSR count). The molecule has 0 aliphatic heterocycles.